The molecule has 3 nitrogen and oxygen atoms in total. The summed E-state index contributed by atoms with van der Waals surface area (Å²) in [5.41, 5.74) is 1.86. The maximum Gasteiger partial charge on any atom is 0.251 e. The van der Waals surface area contributed by atoms with E-state index in [2.05, 4.69) is 27.7 Å². The lowest BCUT2D eigenvalue weighted by atomic mass is 10.1. The quantitative estimate of drug-likeness (QED) is 0.899. The molecule has 0 aliphatic carbocycles. The van der Waals surface area contributed by atoms with Gasteiger partial charge in [0.1, 0.15) is 0 Å². The second-order valence-electron chi connectivity index (χ2n) is 6.21. The highest BCUT2D eigenvalue weighted by atomic mass is 32.1. The molecular weight excluding hydrogens is 304 g/mol. The molecule has 0 unspecified atom stereocenters. The van der Waals surface area contributed by atoms with E-state index in [4.69, 9.17) is 0 Å². The van der Waals surface area contributed by atoms with Gasteiger partial charge in [-0.15, -0.1) is 11.3 Å². The van der Waals surface area contributed by atoms with Crippen molar-refractivity contribution in [1.82, 2.24) is 10.2 Å². The largest absolute Gasteiger partial charge is 0.350 e. The molecule has 1 aromatic carbocycles. The SMILES string of the molecule is Cc1cccc(C(=O)NC[C@H](c2cccs2)N2CCCCC2)c1. The number of aryl methyl sites for hydroxylation is 1. The van der Waals surface area contributed by atoms with E-state index in [9.17, 15) is 4.79 Å². The Morgan fingerprint density at radius 1 is 1.22 bits per heavy atom. The molecule has 2 aromatic rings. The number of likely N-dealkylation sites (tertiary alicyclic amines) is 1. The second-order valence-corrected chi connectivity index (χ2v) is 7.19. The first-order chi connectivity index (χ1) is 11.2. The summed E-state index contributed by atoms with van der Waals surface area (Å²) in [5, 5.41) is 5.26. The highest BCUT2D eigenvalue weighted by Gasteiger charge is 2.23. The third-order valence-corrected chi connectivity index (χ3v) is 5.41. The van der Waals surface area contributed by atoms with Gasteiger partial charge < -0.3 is 5.32 Å². The van der Waals surface area contributed by atoms with Gasteiger partial charge in [-0.25, -0.2) is 0 Å². The summed E-state index contributed by atoms with van der Waals surface area (Å²) >= 11 is 1.78. The molecule has 3 rings (SSSR count). The first-order valence-corrected chi connectivity index (χ1v) is 9.24. The van der Waals surface area contributed by atoms with Gasteiger partial charge in [0.15, 0.2) is 0 Å². The van der Waals surface area contributed by atoms with Gasteiger partial charge in [0, 0.05) is 17.0 Å². The summed E-state index contributed by atoms with van der Waals surface area (Å²) in [7, 11) is 0. The molecule has 1 aromatic heterocycles. The number of hydrogen-bond acceptors (Lipinski definition) is 3. The van der Waals surface area contributed by atoms with Gasteiger partial charge in [-0.3, -0.25) is 9.69 Å². The lowest BCUT2D eigenvalue weighted by Gasteiger charge is -2.34. The maximum atomic E-state index is 12.4. The Kier molecular flexibility index (Phi) is 5.47. The number of nitrogens with one attached hydrogen (secondary N) is 1. The number of benzene rings is 1. The Morgan fingerprint density at radius 3 is 2.74 bits per heavy atom. The lowest BCUT2D eigenvalue weighted by Crippen LogP contribution is -2.40. The highest BCUT2D eigenvalue weighted by Crippen LogP contribution is 2.27. The molecule has 23 heavy (non-hydrogen) atoms. The molecular formula is C19H24N2OS. The molecule has 1 aliphatic rings. The van der Waals surface area contributed by atoms with Gasteiger partial charge >= 0.3 is 0 Å². The minimum Gasteiger partial charge on any atom is -0.350 e. The first-order valence-electron chi connectivity index (χ1n) is 8.36. The van der Waals surface area contributed by atoms with Crippen molar-refractivity contribution in [2.75, 3.05) is 19.6 Å². The number of thiophene rings is 1. The topological polar surface area (TPSA) is 32.3 Å². The maximum absolute atomic E-state index is 12.4. The predicted octanol–water partition coefficient (Wildman–Crippen LogP) is 4.01. The Balaban J connectivity index is 1.67. The number of nitrogens with zero attached hydrogens (tertiary/aromatic N) is 1. The van der Waals surface area contributed by atoms with Crippen molar-refractivity contribution in [3.05, 3.63) is 57.8 Å². The third-order valence-electron chi connectivity index (χ3n) is 4.44. The molecule has 0 bridgehead atoms. The van der Waals surface area contributed by atoms with Crippen LogP contribution in [0.2, 0.25) is 0 Å². The molecule has 1 atom stereocenters. The summed E-state index contributed by atoms with van der Waals surface area (Å²) < 4.78 is 0. The molecule has 1 amide bonds. The standard InChI is InChI=1S/C19H24N2OS/c1-15-7-5-8-16(13-15)19(22)20-14-17(18-9-6-12-23-18)21-10-3-2-4-11-21/h5-9,12-13,17H,2-4,10-11,14H2,1H3,(H,20,22)/t17-/m1/s1. The zero-order valence-electron chi connectivity index (χ0n) is 13.6. The molecule has 2 heterocycles. The number of hydrogen-bond donors (Lipinski definition) is 1. The number of rotatable bonds is 5. The van der Waals surface area contributed by atoms with E-state index in [0.29, 0.717) is 12.6 Å². The van der Waals surface area contributed by atoms with Crippen LogP contribution in [0.1, 0.15) is 46.1 Å². The van der Waals surface area contributed by atoms with Crippen molar-refractivity contribution in [2.45, 2.75) is 32.2 Å². The summed E-state index contributed by atoms with van der Waals surface area (Å²) in [6.07, 6.45) is 3.84. The van der Waals surface area contributed by atoms with Gasteiger partial charge in [-0.2, -0.15) is 0 Å². The van der Waals surface area contributed by atoms with Crippen LogP contribution in [-0.2, 0) is 0 Å². The van der Waals surface area contributed by atoms with Crippen molar-refractivity contribution < 1.29 is 4.79 Å². The molecule has 122 valence electrons. The van der Waals surface area contributed by atoms with E-state index >= 15 is 0 Å². The fourth-order valence-electron chi connectivity index (χ4n) is 3.20. The smallest absolute Gasteiger partial charge is 0.251 e. The van der Waals surface area contributed by atoms with Gasteiger partial charge in [0.25, 0.3) is 5.91 Å². The Hall–Kier alpha value is -1.65. The summed E-state index contributed by atoms with van der Waals surface area (Å²) in [6, 6.07) is 12.3. The van der Waals surface area contributed by atoms with Crippen molar-refractivity contribution in [1.29, 1.82) is 0 Å². The van der Waals surface area contributed by atoms with Crippen LogP contribution >= 0.6 is 11.3 Å². The molecule has 1 saturated heterocycles. The number of amides is 1. The average molecular weight is 328 g/mol. The van der Waals surface area contributed by atoms with E-state index in [-0.39, 0.29) is 5.91 Å². The Morgan fingerprint density at radius 2 is 2.04 bits per heavy atom. The molecule has 4 heteroatoms. The van der Waals surface area contributed by atoms with Gasteiger partial charge in [-0.1, -0.05) is 30.2 Å². The molecule has 1 fully saturated rings. The normalized spacial score (nSPS) is 16.9. The van der Waals surface area contributed by atoms with Crippen LogP contribution in [0.15, 0.2) is 41.8 Å². The number of carbonyl (C=O) groups excluding carboxylic acids is 1. The van der Waals surface area contributed by atoms with Crippen molar-refractivity contribution in [3.8, 4) is 0 Å². The van der Waals surface area contributed by atoms with Crippen LogP contribution in [0.4, 0.5) is 0 Å². The van der Waals surface area contributed by atoms with Crippen LogP contribution < -0.4 is 5.32 Å². The fraction of sp³-hybridized carbons (Fsp3) is 0.421. The van der Waals surface area contributed by atoms with Crippen LogP contribution in [0.5, 0.6) is 0 Å². The number of piperidine rings is 1. The summed E-state index contributed by atoms with van der Waals surface area (Å²) in [5.74, 6) is 0.0206. The number of carbonyl (C=O) groups is 1. The van der Waals surface area contributed by atoms with Gasteiger partial charge in [0.05, 0.1) is 6.04 Å². The molecule has 0 radical (unpaired) electrons. The zero-order valence-corrected chi connectivity index (χ0v) is 14.4. The highest BCUT2D eigenvalue weighted by molar-refractivity contribution is 7.10. The van der Waals surface area contributed by atoms with E-state index in [1.165, 1.54) is 24.1 Å². The first kappa shape index (κ1) is 16.2. The molecule has 0 spiro atoms. The van der Waals surface area contributed by atoms with Crippen molar-refractivity contribution in [2.24, 2.45) is 0 Å². The minimum absolute atomic E-state index is 0.0206. The Labute approximate surface area is 142 Å². The average Bonchev–Trinajstić information content (AvgIpc) is 3.10. The zero-order chi connectivity index (χ0) is 16.1. The van der Waals surface area contributed by atoms with Crippen LogP contribution in [0, 0.1) is 6.92 Å². The minimum atomic E-state index is 0.0206. The molecule has 1 aliphatic heterocycles. The lowest BCUT2D eigenvalue weighted by molar-refractivity contribution is 0.0925. The monoisotopic (exact) mass is 328 g/mol. The van der Waals surface area contributed by atoms with E-state index in [0.717, 1.165) is 24.2 Å². The van der Waals surface area contributed by atoms with Gasteiger partial charge in [0.2, 0.25) is 0 Å². The predicted molar refractivity (Wildman–Crippen MR) is 96.0 cm³/mol. The van der Waals surface area contributed by atoms with Crippen molar-refractivity contribution >= 4 is 17.2 Å². The summed E-state index contributed by atoms with van der Waals surface area (Å²) in [4.78, 5) is 16.3. The van der Waals surface area contributed by atoms with Crippen LogP contribution in [0.3, 0.4) is 0 Å². The van der Waals surface area contributed by atoms with Crippen LogP contribution in [-0.4, -0.2) is 30.4 Å². The van der Waals surface area contributed by atoms with E-state index < -0.39 is 0 Å². The third kappa shape index (κ3) is 4.21. The van der Waals surface area contributed by atoms with E-state index in [1.807, 2.05) is 31.2 Å². The Bertz CT molecular complexity index is 633. The van der Waals surface area contributed by atoms with Gasteiger partial charge in [-0.05, 0) is 56.4 Å². The van der Waals surface area contributed by atoms with E-state index in [1.54, 1.807) is 11.3 Å². The summed E-state index contributed by atoms with van der Waals surface area (Å²) in [6.45, 7) is 4.94. The van der Waals surface area contributed by atoms with Crippen molar-refractivity contribution in [3.63, 3.8) is 0 Å². The fourth-order valence-corrected chi connectivity index (χ4v) is 4.06. The molecule has 0 saturated carbocycles. The van der Waals surface area contributed by atoms with Crippen LogP contribution in [0.25, 0.3) is 0 Å². The molecule has 1 N–H and O–H groups in total. The second kappa shape index (κ2) is 7.75.